The number of fused-ring (bicyclic) bond motifs is 1. The number of rotatable bonds is 2. The van der Waals surface area contributed by atoms with Crippen LogP contribution in [0.25, 0.3) is 0 Å². The lowest BCUT2D eigenvalue weighted by Gasteiger charge is -2.19. The third-order valence-electron chi connectivity index (χ3n) is 3.53. The monoisotopic (exact) mass is 273 g/mol. The van der Waals surface area contributed by atoms with Gasteiger partial charge in [0.25, 0.3) is 0 Å². The van der Waals surface area contributed by atoms with E-state index in [0.29, 0.717) is 11.7 Å². The number of benzene rings is 1. The highest BCUT2D eigenvalue weighted by Gasteiger charge is 2.43. The second kappa shape index (κ2) is 4.06. The third-order valence-corrected chi connectivity index (χ3v) is 4.34. The number of anilines is 2. The Morgan fingerprint density at radius 3 is 2.79 bits per heavy atom. The van der Waals surface area contributed by atoms with Crippen LogP contribution >= 0.6 is 11.3 Å². The molecule has 3 rings (SSSR count). The molecule has 2 aromatic rings. The summed E-state index contributed by atoms with van der Waals surface area (Å²) in [5, 5.41) is 0.536. The molecule has 1 aliphatic heterocycles. The van der Waals surface area contributed by atoms with E-state index in [1.54, 1.807) is 6.20 Å². The summed E-state index contributed by atoms with van der Waals surface area (Å²) >= 11 is 1.42. The number of amides is 1. The number of nitrogen functional groups attached to an aromatic ring is 1. The molecular formula is C14H15N3OS. The predicted molar refractivity (Wildman–Crippen MR) is 77.2 cm³/mol. The summed E-state index contributed by atoms with van der Waals surface area (Å²) < 4.78 is 0. The zero-order valence-electron chi connectivity index (χ0n) is 10.9. The minimum atomic E-state index is -0.465. The van der Waals surface area contributed by atoms with Crippen LogP contribution in [0.15, 0.2) is 30.5 Å². The zero-order chi connectivity index (χ0) is 13.6. The normalized spacial score (nSPS) is 16.7. The molecule has 2 N–H and O–H groups in total. The molecule has 0 saturated heterocycles. The van der Waals surface area contributed by atoms with Crippen molar-refractivity contribution >= 4 is 28.1 Å². The topological polar surface area (TPSA) is 59.2 Å². The van der Waals surface area contributed by atoms with Crippen LogP contribution in [0.5, 0.6) is 0 Å². The maximum atomic E-state index is 12.6. The van der Waals surface area contributed by atoms with E-state index in [-0.39, 0.29) is 5.91 Å². The fourth-order valence-corrected chi connectivity index (χ4v) is 3.18. The molecule has 0 aliphatic carbocycles. The summed E-state index contributed by atoms with van der Waals surface area (Å²) in [5.74, 6) is 0.126. The minimum absolute atomic E-state index is 0.126. The largest absolute Gasteiger partial charge is 0.375 e. The van der Waals surface area contributed by atoms with E-state index in [2.05, 4.69) is 4.98 Å². The number of aromatic nitrogens is 1. The van der Waals surface area contributed by atoms with Gasteiger partial charge in [0.1, 0.15) is 0 Å². The lowest BCUT2D eigenvalue weighted by Crippen LogP contribution is -2.35. The smallest absolute Gasteiger partial charge is 0.237 e. The van der Waals surface area contributed by atoms with E-state index in [0.717, 1.165) is 16.1 Å². The van der Waals surface area contributed by atoms with Gasteiger partial charge in [-0.05, 0) is 25.5 Å². The van der Waals surface area contributed by atoms with E-state index < -0.39 is 5.41 Å². The van der Waals surface area contributed by atoms with Crippen LogP contribution in [0.3, 0.4) is 0 Å². The Bertz CT molecular complexity index is 648. The molecule has 0 spiro atoms. The summed E-state index contributed by atoms with van der Waals surface area (Å²) in [5.41, 5.74) is 7.25. The van der Waals surface area contributed by atoms with E-state index in [1.165, 1.54) is 11.3 Å². The molecule has 5 heteroatoms. The number of para-hydroxylation sites is 1. The summed E-state index contributed by atoms with van der Waals surface area (Å²) in [6, 6.07) is 7.95. The van der Waals surface area contributed by atoms with Crippen molar-refractivity contribution in [3.63, 3.8) is 0 Å². The van der Waals surface area contributed by atoms with Gasteiger partial charge in [0, 0.05) is 16.8 Å². The zero-order valence-corrected chi connectivity index (χ0v) is 11.7. The molecule has 0 saturated carbocycles. The maximum Gasteiger partial charge on any atom is 0.237 e. The number of carbonyl (C=O) groups excluding carboxylic acids is 1. The molecule has 1 amide bonds. The minimum Gasteiger partial charge on any atom is -0.375 e. The number of nitrogens with two attached hydrogens (primary N) is 1. The molecule has 1 aromatic heterocycles. The first-order valence-corrected chi connectivity index (χ1v) is 6.93. The van der Waals surface area contributed by atoms with Crippen LogP contribution in [0.4, 0.5) is 10.8 Å². The molecule has 0 atom stereocenters. The predicted octanol–water partition coefficient (Wildman–Crippen LogP) is 2.55. The lowest BCUT2D eigenvalue weighted by atomic mass is 9.86. The van der Waals surface area contributed by atoms with Crippen molar-refractivity contribution < 1.29 is 4.79 Å². The van der Waals surface area contributed by atoms with E-state index >= 15 is 0 Å². The Hall–Kier alpha value is -1.88. The van der Waals surface area contributed by atoms with Crippen molar-refractivity contribution in [1.29, 1.82) is 0 Å². The van der Waals surface area contributed by atoms with Crippen LogP contribution in [0, 0.1) is 0 Å². The maximum absolute atomic E-state index is 12.6. The molecule has 0 unspecified atom stereocenters. The Morgan fingerprint density at radius 1 is 1.37 bits per heavy atom. The molecule has 1 aliphatic rings. The summed E-state index contributed by atoms with van der Waals surface area (Å²) in [7, 11) is 0. The number of thiazole rings is 1. The van der Waals surface area contributed by atoms with E-state index in [9.17, 15) is 4.79 Å². The Morgan fingerprint density at radius 2 is 2.11 bits per heavy atom. The summed E-state index contributed by atoms with van der Waals surface area (Å²) in [6.45, 7) is 4.47. The van der Waals surface area contributed by atoms with Gasteiger partial charge in [-0.3, -0.25) is 4.79 Å². The van der Waals surface area contributed by atoms with Crippen molar-refractivity contribution in [2.45, 2.75) is 25.8 Å². The van der Waals surface area contributed by atoms with Crippen LogP contribution < -0.4 is 10.6 Å². The second-order valence-corrected chi connectivity index (χ2v) is 6.35. The average Bonchev–Trinajstić information content (AvgIpc) is 2.87. The van der Waals surface area contributed by atoms with Gasteiger partial charge in [0.2, 0.25) is 5.91 Å². The third kappa shape index (κ3) is 1.81. The van der Waals surface area contributed by atoms with Gasteiger partial charge in [-0.2, -0.15) is 0 Å². The van der Waals surface area contributed by atoms with Crippen molar-refractivity contribution in [3.05, 3.63) is 40.9 Å². The van der Waals surface area contributed by atoms with Crippen LogP contribution in [-0.4, -0.2) is 10.9 Å². The number of nitrogens with zero attached hydrogens (tertiary/aromatic N) is 2. The van der Waals surface area contributed by atoms with Crippen LogP contribution in [-0.2, 0) is 16.8 Å². The first-order valence-electron chi connectivity index (χ1n) is 6.12. The first-order chi connectivity index (χ1) is 9.00. The van der Waals surface area contributed by atoms with E-state index in [1.807, 2.05) is 43.0 Å². The summed E-state index contributed by atoms with van der Waals surface area (Å²) in [4.78, 5) is 19.4. The molecule has 4 nitrogen and oxygen atoms in total. The van der Waals surface area contributed by atoms with Gasteiger partial charge in [0.15, 0.2) is 5.13 Å². The van der Waals surface area contributed by atoms with Gasteiger partial charge in [-0.25, -0.2) is 4.98 Å². The average molecular weight is 273 g/mol. The van der Waals surface area contributed by atoms with Crippen molar-refractivity contribution in [2.75, 3.05) is 10.6 Å². The lowest BCUT2D eigenvalue weighted by molar-refractivity contribution is -0.122. The molecule has 98 valence electrons. The second-order valence-electron chi connectivity index (χ2n) is 5.20. The highest BCUT2D eigenvalue weighted by molar-refractivity contribution is 7.15. The molecular weight excluding hydrogens is 258 g/mol. The molecule has 2 heterocycles. The summed E-state index contributed by atoms with van der Waals surface area (Å²) in [6.07, 6.45) is 1.74. The highest BCUT2D eigenvalue weighted by Crippen LogP contribution is 2.42. The Kier molecular flexibility index (Phi) is 2.60. The first kappa shape index (κ1) is 12.2. The highest BCUT2D eigenvalue weighted by atomic mass is 32.1. The van der Waals surface area contributed by atoms with E-state index in [4.69, 9.17) is 5.73 Å². The number of hydrogen-bond donors (Lipinski definition) is 1. The fraction of sp³-hybridized carbons (Fsp3) is 0.286. The quantitative estimate of drug-likeness (QED) is 0.914. The van der Waals surface area contributed by atoms with Gasteiger partial charge >= 0.3 is 0 Å². The van der Waals surface area contributed by atoms with Crippen molar-refractivity contribution in [1.82, 2.24) is 4.98 Å². The Labute approximate surface area is 115 Å². The van der Waals surface area contributed by atoms with Crippen molar-refractivity contribution in [2.24, 2.45) is 0 Å². The van der Waals surface area contributed by atoms with Gasteiger partial charge in [0.05, 0.1) is 12.0 Å². The number of carbonyl (C=O) groups is 1. The van der Waals surface area contributed by atoms with Gasteiger partial charge in [-0.15, -0.1) is 11.3 Å². The van der Waals surface area contributed by atoms with Gasteiger partial charge in [-0.1, -0.05) is 18.2 Å². The molecule has 19 heavy (non-hydrogen) atoms. The molecule has 1 aromatic carbocycles. The SMILES string of the molecule is CC1(C)C(=O)N(Cc2cnc(N)s2)c2ccccc21. The Balaban J connectivity index is 2.01. The van der Waals surface area contributed by atoms with Crippen LogP contribution in [0.2, 0.25) is 0 Å². The number of hydrogen-bond acceptors (Lipinski definition) is 4. The standard InChI is InChI=1S/C14H15N3OS/c1-14(2)10-5-3-4-6-11(10)17(12(14)18)8-9-7-16-13(15)19-9/h3-7H,8H2,1-2H3,(H2,15,16). The molecule has 0 fully saturated rings. The van der Waals surface area contributed by atoms with Crippen LogP contribution in [0.1, 0.15) is 24.3 Å². The van der Waals surface area contributed by atoms with Crippen molar-refractivity contribution in [3.8, 4) is 0 Å². The fourth-order valence-electron chi connectivity index (χ4n) is 2.51. The van der Waals surface area contributed by atoms with Gasteiger partial charge < -0.3 is 10.6 Å². The molecule has 0 bridgehead atoms. The molecule has 0 radical (unpaired) electrons.